The summed E-state index contributed by atoms with van der Waals surface area (Å²) in [4.78, 5) is 12.2. The molecule has 1 rings (SSSR count). The molecule has 0 radical (unpaired) electrons. The van der Waals surface area contributed by atoms with Gasteiger partial charge < -0.3 is 9.73 Å². The third-order valence-electron chi connectivity index (χ3n) is 1.73. The van der Waals surface area contributed by atoms with E-state index < -0.39 is 0 Å². The number of aryl methyl sites for hydroxylation is 1. The first-order valence-electron chi connectivity index (χ1n) is 4.07. The van der Waals surface area contributed by atoms with E-state index in [1.807, 2.05) is 19.9 Å². The van der Waals surface area contributed by atoms with Crippen molar-refractivity contribution in [3.63, 3.8) is 0 Å². The van der Waals surface area contributed by atoms with Crippen LogP contribution in [0.25, 0.3) is 0 Å². The molecular formula is C9H13NO2S. The van der Waals surface area contributed by atoms with Crippen LogP contribution in [0.3, 0.4) is 0 Å². The van der Waals surface area contributed by atoms with Crippen LogP contribution in [0.4, 0.5) is 0 Å². The zero-order valence-electron chi connectivity index (χ0n) is 7.96. The Bertz CT molecular complexity index is 296. The quantitative estimate of drug-likeness (QED) is 0.755. The Morgan fingerprint density at radius 1 is 1.69 bits per heavy atom. The molecule has 1 unspecified atom stereocenters. The van der Waals surface area contributed by atoms with E-state index >= 15 is 0 Å². The minimum atomic E-state index is -0.0821. The van der Waals surface area contributed by atoms with E-state index in [1.165, 1.54) is 11.8 Å². The monoisotopic (exact) mass is 199 g/mol. The molecule has 0 aliphatic rings. The molecular weight excluding hydrogens is 186 g/mol. The highest BCUT2D eigenvalue weighted by atomic mass is 32.2. The van der Waals surface area contributed by atoms with E-state index in [-0.39, 0.29) is 11.2 Å². The van der Waals surface area contributed by atoms with Crippen molar-refractivity contribution in [2.24, 2.45) is 0 Å². The number of furan rings is 1. The molecule has 1 heterocycles. The minimum absolute atomic E-state index is 0.0330. The molecule has 0 saturated heterocycles. The Morgan fingerprint density at radius 3 is 2.85 bits per heavy atom. The first-order chi connectivity index (χ1) is 6.15. The predicted octanol–water partition coefficient (Wildman–Crippen LogP) is 1.81. The molecule has 3 nitrogen and oxygen atoms in total. The van der Waals surface area contributed by atoms with Crippen molar-refractivity contribution in [1.29, 1.82) is 0 Å². The molecule has 1 N–H and O–H groups in total. The second-order valence-electron chi connectivity index (χ2n) is 2.72. The number of hydrogen-bond acceptors (Lipinski definition) is 3. The molecule has 13 heavy (non-hydrogen) atoms. The lowest BCUT2D eigenvalue weighted by atomic mass is 10.4. The third kappa shape index (κ3) is 2.52. The summed E-state index contributed by atoms with van der Waals surface area (Å²) in [6.45, 7) is 3.76. The van der Waals surface area contributed by atoms with Gasteiger partial charge in [-0.1, -0.05) is 0 Å². The molecule has 72 valence electrons. The number of thioether (sulfide) groups is 1. The largest absolute Gasteiger partial charge is 0.468 e. The summed E-state index contributed by atoms with van der Waals surface area (Å²) < 4.78 is 5.13. The van der Waals surface area contributed by atoms with Gasteiger partial charge in [0.05, 0.1) is 11.5 Å². The number of amides is 1. The molecule has 0 spiro atoms. The third-order valence-corrected chi connectivity index (χ3v) is 2.98. The van der Waals surface area contributed by atoms with Gasteiger partial charge in [-0.15, -0.1) is 11.8 Å². The molecule has 0 aliphatic heterocycles. The van der Waals surface area contributed by atoms with Crippen LogP contribution in [0.1, 0.15) is 12.7 Å². The van der Waals surface area contributed by atoms with Gasteiger partial charge in [-0.05, 0) is 19.9 Å². The molecule has 4 heteroatoms. The van der Waals surface area contributed by atoms with Crippen molar-refractivity contribution in [2.45, 2.75) is 24.0 Å². The zero-order valence-corrected chi connectivity index (χ0v) is 8.77. The van der Waals surface area contributed by atoms with Crippen LogP contribution < -0.4 is 5.32 Å². The van der Waals surface area contributed by atoms with E-state index in [4.69, 9.17) is 4.42 Å². The van der Waals surface area contributed by atoms with Crippen molar-refractivity contribution in [2.75, 3.05) is 7.05 Å². The summed E-state index contributed by atoms with van der Waals surface area (Å²) >= 11 is 1.50. The Hall–Kier alpha value is -0.900. The van der Waals surface area contributed by atoms with Crippen molar-refractivity contribution in [3.05, 3.63) is 18.1 Å². The molecule has 0 aromatic carbocycles. The number of carbonyl (C=O) groups excluding carboxylic acids is 1. The average molecular weight is 199 g/mol. The smallest absolute Gasteiger partial charge is 0.232 e. The van der Waals surface area contributed by atoms with Gasteiger partial charge in [0.1, 0.15) is 5.76 Å². The lowest BCUT2D eigenvalue weighted by Crippen LogP contribution is -2.27. The van der Waals surface area contributed by atoms with Gasteiger partial charge in [0.25, 0.3) is 0 Å². The highest BCUT2D eigenvalue weighted by Crippen LogP contribution is 2.27. The van der Waals surface area contributed by atoms with Gasteiger partial charge >= 0.3 is 0 Å². The normalized spacial score (nSPS) is 12.5. The van der Waals surface area contributed by atoms with Crippen LogP contribution in [0.15, 0.2) is 21.6 Å². The molecule has 1 amide bonds. The number of nitrogens with one attached hydrogen (secondary N) is 1. The van der Waals surface area contributed by atoms with E-state index in [0.29, 0.717) is 0 Å². The van der Waals surface area contributed by atoms with Crippen molar-refractivity contribution in [3.8, 4) is 0 Å². The fraction of sp³-hybridized carbons (Fsp3) is 0.444. The Labute approximate surface area is 81.9 Å². The van der Waals surface area contributed by atoms with E-state index in [9.17, 15) is 4.79 Å². The summed E-state index contributed by atoms with van der Waals surface area (Å²) in [5, 5.41) is 2.52. The topological polar surface area (TPSA) is 42.2 Å². The van der Waals surface area contributed by atoms with Gasteiger partial charge in [0.15, 0.2) is 0 Å². The first-order valence-corrected chi connectivity index (χ1v) is 4.95. The van der Waals surface area contributed by atoms with Crippen LogP contribution in [-0.2, 0) is 4.79 Å². The summed E-state index contributed by atoms with van der Waals surface area (Å²) in [5.41, 5.74) is 0. The Kier molecular flexibility index (Phi) is 3.42. The number of rotatable bonds is 3. The van der Waals surface area contributed by atoms with Crippen LogP contribution in [0.2, 0.25) is 0 Å². The van der Waals surface area contributed by atoms with E-state index in [0.717, 1.165) is 10.7 Å². The maximum Gasteiger partial charge on any atom is 0.232 e. The second kappa shape index (κ2) is 4.37. The standard InChI is InChI=1S/C9H13NO2S/c1-6-8(4-5-12-6)13-7(2)9(11)10-3/h4-5,7H,1-3H3,(H,10,11). The Morgan fingerprint density at radius 2 is 2.38 bits per heavy atom. The molecule has 0 fully saturated rings. The fourth-order valence-corrected chi connectivity index (χ4v) is 1.90. The first kappa shape index (κ1) is 10.2. The minimum Gasteiger partial charge on any atom is -0.468 e. The Balaban J connectivity index is 2.59. The van der Waals surface area contributed by atoms with Gasteiger partial charge in [-0.3, -0.25) is 4.79 Å². The lowest BCUT2D eigenvalue weighted by Gasteiger charge is -2.07. The molecule has 0 bridgehead atoms. The fourth-order valence-electron chi connectivity index (χ4n) is 0.943. The summed E-state index contributed by atoms with van der Waals surface area (Å²) in [7, 11) is 1.64. The molecule has 1 aromatic rings. The lowest BCUT2D eigenvalue weighted by molar-refractivity contribution is -0.119. The van der Waals surface area contributed by atoms with Crippen molar-refractivity contribution in [1.82, 2.24) is 5.32 Å². The number of carbonyl (C=O) groups is 1. The van der Waals surface area contributed by atoms with Crippen molar-refractivity contribution >= 4 is 17.7 Å². The molecule has 0 saturated carbocycles. The van der Waals surface area contributed by atoms with Crippen LogP contribution >= 0.6 is 11.8 Å². The second-order valence-corrected chi connectivity index (χ2v) is 4.10. The summed E-state index contributed by atoms with van der Waals surface area (Å²) in [6.07, 6.45) is 1.63. The number of hydrogen-bond donors (Lipinski definition) is 1. The van der Waals surface area contributed by atoms with Gasteiger partial charge in [-0.2, -0.15) is 0 Å². The SMILES string of the molecule is CNC(=O)C(C)Sc1ccoc1C. The average Bonchev–Trinajstić information content (AvgIpc) is 2.50. The van der Waals surface area contributed by atoms with E-state index in [1.54, 1.807) is 13.3 Å². The maximum absolute atomic E-state index is 11.2. The molecule has 1 atom stereocenters. The van der Waals surface area contributed by atoms with Gasteiger partial charge in [0.2, 0.25) is 5.91 Å². The maximum atomic E-state index is 11.2. The van der Waals surface area contributed by atoms with Gasteiger partial charge in [-0.25, -0.2) is 0 Å². The highest BCUT2D eigenvalue weighted by molar-refractivity contribution is 8.00. The molecule has 1 aromatic heterocycles. The van der Waals surface area contributed by atoms with Crippen LogP contribution in [0.5, 0.6) is 0 Å². The van der Waals surface area contributed by atoms with Crippen molar-refractivity contribution < 1.29 is 9.21 Å². The van der Waals surface area contributed by atoms with Gasteiger partial charge in [0, 0.05) is 11.9 Å². The van der Waals surface area contributed by atoms with Crippen LogP contribution in [0, 0.1) is 6.92 Å². The van der Waals surface area contributed by atoms with Crippen LogP contribution in [-0.4, -0.2) is 18.2 Å². The predicted molar refractivity (Wildman–Crippen MR) is 52.8 cm³/mol. The molecule has 0 aliphatic carbocycles. The highest BCUT2D eigenvalue weighted by Gasteiger charge is 2.14. The zero-order chi connectivity index (χ0) is 9.84. The van der Waals surface area contributed by atoms with E-state index in [2.05, 4.69) is 5.32 Å². The summed E-state index contributed by atoms with van der Waals surface area (Å²) in [6, 6.07) is 1.87. The summed E-state index contributed by atoms with van der Waals surface area (Å²) in [5.74, 6) is 0.895.